The maximum Gasteiger partial charge on any atom is 0.308 e. The van der Waals surface area contributed by atoms with Gasteiger partial charge in [0.2, 0.25) is 0 Å². The van der Waals surface area contributed by atoms with E-state index >= 15 is 0 Å². The van der Waals surface area contributed by atoms with Gasteiger partial charge in [-0.1, -0.05) is 15.9 Å². The van der Waals surface area contributed by atoms with Crippen LogP contribution >= 0.6 is 15.9 Å². The Morgan fingerprint density at radius 1 is 1.41 bits per heavy atom. The van der Waals surface area contributed by atoms with E-state index in [1.54, 1.807) is 4.90 Å². The van der Waals surface area contributed by atoms with E-state index in [9.17, 15) is 9.59 Å². The minimum absolute atomic E-state index is 0.226. The van der Waals surface area contributed by atoms with E-state index in [0.29, 0.717) is 30.7 Å². The number of fused-ring (bicyclic) bond motifs is 1. The van der Waals surface area contributed by atoms with Gasteiger partial charge in [-0.2, -0.15) is 0 Å². The van der Waals surface area contributed by atoms with Gasteiger partial charge in [0.15, 0.2) is 5.76 Å². The van der Waals surface area contributed by atoms with Gasteiger partial charge < -0.3 is 14.4 Å². The number of hydrogen-bond donors (Lipinski definition) is 1. The Bertz CT molecular complexity index is 752. The van der Waals surface area contributed by atoms with Gasteiger partial charge in [0.25, 0.3) is 5.91 Å². The number of benzene rings is 1. The Morgan fingerprint density at radius 3 is 2.91 bits per heavy atom. The number of rotatable bonds is 2. The van der Waals surface area contributed by atoms with Crippen LogP contribution in [0.15, 0.2) is 27.1 Å². The molecule has 116 valence electrons. The number of carboxylic acids is 1. The van der Waals surface area contributed by atoms with E-state index < -0.39 is 11.9 Å². The van der Waals surface area contributed by atoms with Crippen LogP contribution in [0.3, 0.4) is 0 Å². The van der Waals surface area contributed by atoms with Crippen LogP contribution in [0.4, 0.5) is 0 Å². The Kier molecular flexibility index (Phi) is 3.95. The molecule has 0 spiro atoms. The summed E-state index contributed by atoms with van der Waals surface area (Å²) in [5, 5.41) is 10.0. The number of likely N-dealkylation sites (tertiary alicyclic amines) is 1. The van der Waals surface area contributed by atoms with Crippen LogP contribution in [0.2, 0.25) is 0 Å². The van der Waals surface area contributed by atoms with Gasteiger partial charge in [0, 0.05) is 28.5 Å². The van der Waals surface area contributed by atoms with E-state index in [1.807, 2.05) is 25.1 Å². The SMILES string of the molecule is Cc1c(C(=O)N2CCCC(C(=O)O)C2)oc2ccc(Br)cc12. The summed E-state index contributed by atoms with van der Waals surface area (Å²) in [6, 6.07) is 5.60. The number of hydrogen-bond acceptors (Lipinski definition) is 3. The number of furan rings is 1. The molecule has 3 rings (SSSR count). The van der Waals surface area contributed by atoms with Crippen LogP contribution < -0.4 is 0 Å². The largest absolute Gasteiger partial charge is 0.481 e. The van der Waals surface area contributed by atoms with Crippen molar-refractivity contribution in [3.8, 4) is 0 Å². The molecule has 6 heteroatoms. The molecule has 1 amide bonds. The van der Waals surface area contributed by atoms with Crippen LogP contribution in [0.5, 0.6) is 0 Å². The molecule has 1 aromatic carbocycles. The fourth-order valence-electron chi connectivity index (χ4n) is 2.90. The lowest BCUT2D eigenvalue weighted by Crippen LogP contribution is -2.42. The second-order valence-electron chi connectivity index (χ2n) is 5.63. The van der Waals surface area contributed by atoms with Gasteiger partial charge in [-0.05, 0) is 38.0 Å². The fourth-order valence-corrected chi connectivity index (χ4v) is 3.26. The number of aryl methyl sites for hydroxylation is 1. The third-order valence-corrected chi connectivity index (χ3v) is 4.64. The molecule has 0 aliphatic carbocycles. The van der Waals surface area contributed by atoms with Crippen molar-refractivity contribution in [2.45, 2.75) is 19.8 Å². The lowest BCUT2D eigenvalue weighted by atomic mass is 9.98. The van der Waals surface area contributed by atoms with Gasteiger partial charge in [-0.15, -0.1) is 0 Å². The van der Waals surface area contributed by atoms with E-state index in [2.05, 4.69) is 15.9 Å². The highest BCUT2D eigenvalue weighted by molar-refractivity contribution is 9.10. The van der Waals surface area contributed by atoms with Crippen molar-refractivity contribution in [2.24, 2.45) is 5.92 Å². The molecule has 1 aliphatic rings. The molecule has 1 N–H and O–H groups in total. The molecule has 1 aliphatic heterocycles. The highest BCUT2D eigenvalue weighted by Crippen LogP contribution is 2.29. The maximum absolute atomic E-state index is 12.7. The Morgan fingerprint density at radius 2 is 2.18 bits per heavy atom. The summed E-state index contributed by atoms with van der Waals surface area (Å²) in [5.41, 5.74) is 1.45. The molecule has 22 heavy (non-hydrogen) atoms. The zero-order chi connectivity index (χ0) is 15.9. The van der Waals surface area contributed by atoms with Gasteiger partial charge >= 0.3 is 5.97 Å². The van der Waals surface area contributed by atoms with E-state index in [-0.39, 0.29) is 12.5 Å². The second-order valence-corrected chi connectivity index (χ2v) is 6.54. The normalized spacial score (nSPS) is 18.6. The molecular formula is C16H16BrNO4. The Labute approximate surface area is 136 Å². The molecular weight excluding hydrogens is 350 g/mol. The number of carbonyl (C=O) groups excluding carboxylic acids is 1. The van der Waals surface area contributed by atoms with Crippen molar-refractivity contribution < 1.29 is 19.1 Å². The first-order valence-corrected chi connectivity index (χ1v) is 7.97. The van der Waals surface area contributed by atoms with Crippen LogP contribution in [0.25, 0.3) is 11.0 Å². The van der Waals surface area contributed by atoms with Gasteiger partial charge in [-0.25, -0.2) is 0 Å². The number of aliphatic carboxylic acids is 1. The summed E-state index contributed by atoms with van der Waals surface area (Å²) in [7, 11) is 0. The number of halogens is 1. The Hall–Kier alpha value is -1.82. The first-order valence-electron chi connectivity index (χ1n) is 7.18. The molecule has 2 aromatic rings. The average molecular weight is 366 g/mol. The van der Waals surface area contributed by atoms with Crippen LogP contribution in [0.1, 0.15) is 29.0 Å². The smallest absolute Gasteiger partial charge is 0.308 e. The molecule has 0 radical (unpaired) electrons. The quantitative estimate of drug-likeness (QED) is 0.884. The summed E-state index contributed by atoms with van der Waals surface area (Å²) in [4.78, 5) is 25.4. The van der Waals surface area contributed by atoms with Crippen molar-refractivity contribution in [2.75, 3.05) is 13.1 Å². The summed E-state index contributed by atoms with van der Waals surface area (Å²) in [6.45, 7) is 2.67. The maximum atomic E-state index is 12.7. The number of piperidine rings is 1. The van der Waals surface area contributed by atoms with E-state index in [4.69, 9.17) is 9.52 Å². The van der Waals surface area contributed by atoms with Crippen LogP contribution in [-0.2, 0) is 4.79 Å². The number of nitrogens with zero attached hydrogens (tertiary/aromatic N) is 1. The summed E-state index contributed by atoms with van der Waals surface area (Å²) in [5.74, 6) is -1.26. The fraction of sp³-hybridized carbons (Fsp3) is 0.375. The standard InChI is InChI=1S/C16H16BrNO4/c1-9-12-7-11(17)4-5-13(12)22-14(9)15(19)18-6-2-3-10(8-18)16(20)21/h4-5,7,10H,2-3,6,8H2,1H3,(H,20,21). The second kappa shape index (κ2) is 5.76. The van der Waals surface area contributed by atoms with Crippen LogP contribution in [0, 0.1) is 12.8 Å². The summed E-state index contributed by atoms with van der Waals surface area (Å²) < 4.78 is 6.63. The lowest BCUT2D eigenvalue weighted by molar-refractivity contribution is -0.143. The predicted molar refractivity (Wildman–Crippen MR) is 84.9 cm³/mol. The molecule has 1 saturated heterocycles. The lowest BCUT2D eigenvalue weighted by Gasteiger charge is -2.30. The highest BCUT2D eigenvalue weighted by Gasteiger charge is 2.31. The summed E-state index contributed by atoms with van der Waals surface area (Å²) >= 11 is 3.41. The zero-order valence-electron chi connectivity index (χ0n) is 12.1. The summed E-state index contributed by atoms with van der Waals surface area (Å²) in [6.07, 6.45) is 1.32. The van der Waals surface area contributed by atoms with Crippen molar-refractivity contribution in [3.05, 3.63) is 34.0 Å². The first kappa shape index (κ1) is 15.1. The molecule has 1 fully saturated rings. The topological polar surface area (TPSA) is 70.8 Å². The van der Waals surface area contributed by atoms with E-state index in [1.165, 1.54) is 0 Å². The highest BCUT2D eigenvalue weighted by atomic mass is 79.9. The number of amides is 1. The molecule has 0 saturated carbocycles. The van der Waals surface area contributed by atoms with Gasteiger partial charge in [0.1, 0.15) is 5.58 Å². The Balaban J connectivity index is 1.92. The molecule has 1 aromatic heterocycles. The third kappa shape index (κ3) is 2.63. The van der Waals surface area contributed by atoms with Crippen molar-refractivity contribution in [1.29, 1.82) is 0 Å². The van der Waals surface area contributed by atoms with Crippen molar-refractivity contribution >= 4 is 38.8 Å². The minimum Gasteiger partial charge on any atom is -0.481 e. The average Bonchev–Trinajstić information content (AvgIpc) is 2.83. The molecule has 1 atom stereocenters. The van der Waals surface area contributed by atoms with E-state index in [0.717, 1.165) is 15.4 Å². The minimum atomic E-state index is -0.845. The van der Waals surface area contributed by atoms with Crippen molar-refractivity contribution in [3.63, 3.8) is 0 Å². The first-order chi connectivity index (χ1) is 10.5. The van der Waals surface area contributed by atoms with Crippen LogP contribution in [-0.4, -0.2) is 35.0 Å². The number of carbonyl (C=O) groups is 2. The predicted octanol–water partition coefficient (Wildman–Crippen LogP) is 3.44. The van der Waals surface area contributed by atoms with Gasteiger partial charge in [-0.3, -0.25) is 9.59 Å². The number of carboxylic acid groups (broad SMARTS) is 1. The van der Waals surface area contributed by atoms with Gasteiger partial charge in [0.05, 0.1) is 5.92 Å². The van der Waals surface area contributed by atoms with Crippen molar-refractivity contribution in [1.82, 2.24) is 4.90 Å². The zero-order valence-corrected chi connectivity index (χ0v) is 13.7. The molecule has 2 heterocycles. The molecule has 0 bridgehead atoms. The monoisotopic (exact) mass is 365 g/mol. The molecule has 1 unspecified atom stereocenters. The molecule has 5 nitrogen and oxygen atoms in total. The third-order valence-electron chi connectivity index (χ3n) is 4.15.